The van der Waals surface area contributed by atoms with Gasteiger partial charge in [-0.2, -0.15) is 0 Å². The molecule has 0 heterocycles. The van der Waals surface area contributed by atoms with Crippen LogP contribution >= 0.6 is 11.6 Å². The first-order valence-electron chi connectivity index (χ1n) is 8.10. The first-order valence-corrected chi connectivity index (χ1v) is 8.47. The number of hydrogen-bond acceptors (Lipinski definition) is 5. The molecular formula is C19H16ClF2NO5. The number of carbonyl (C=O) groups excluding carboxylic acids is 3. The van der Waals surface area contributed by atoms with Crippen LogP contribution in [0.3, 0.4) is 0 Å². The zero-order chi connectivity index (χ0) is 20.8. The molecule has 0 aromatic heterocycles. The summed E-state index contributed by atoms with van der Waals surface area (Å²) in [6, 6.07) is 7.11. The zero-order valence-corrected chi connectivity index (χ0v) is 15.7. The van der Waals surface area contributed by atoms with Crippen LogP contribution in [0.5, 0.6) is 0 Å². The summed E-state index contributed by atoms with van der Waals surface area (Å²) < 4.78 is 36.0. The maximum absolute atomic E-state index is 13.2. The number of halogens is 3. The maximum atomic E-state index is 13.2. The zero-order valence-electron chi connectivity index (χ0n) is 14.9. The standard InChI is InChI=1S/C19H16ClF2NO5/c1-10(2)28-18(25)11-3-5-12(6-4-11)23-17(24)9-27-19(26)13-7-15(21)16(22)8-14(13)20/h3-8,10H,9H2,1-2H3,(H,23,24). The molecule has 0 aliphatic rings. The second-order valence-electron chi connectivity index (χ2n) is 5.90. The Labute approximate surface area is 164 Å². The Balaban J connectivity index is 1.91. The lowest BCUT2D eigenvalue weighted by Gasteiger charge is -2.10. The molecule has 1 amide bonds. The lowest BCUT2D eigenvalue weighted by molar-refractivity contribution is -0.119. The van der Waals surface area contributed by atoms with Gasteiger partial charge in [0.05, 0.1) is 22.3 Å². The topological polar surface area (TPSA) is 81.7 Å². The molecule has 2 aromatic carbocycles. The number of benzene rings is 2. The molecule has 0 aliphatic heterocycles. The quantitative estimate of drug-likeness (QED) is 0.574. The van der Waals surface area contributed by atoms with Crippen LogP contribution in [-0.2, 0) is 14.3 Å². The highest BCUT2D eigenvalue weighted by atomic mass is 35.5. The van der Waals surface area contributed by atoms with Gasteiger partial charge in [-0.05, 0) is 50.2 Å². The average molecular weight is 412 g/mol. The van der Waals surface area contributed by atoms with Crippen molar-refractivity contribution in [3.8, 4) is 0 Å². The third-order valence-corrected chi connectivity index (χ3v) is 3.62. The van der Waals surface area contributed by atoms with E-state index >= 15 is 0 Å². The summed E-state index contributed by atoms with van der Waals surface area (Å²) in [5.41, 5.74) is 0.264. The van der Waals surface area contributed by atoms with Crippen molar-refractivity contribution < 1.29 is 32.6 Å². The van der Waals surface area contributed by atoms with E-state index < -0.39 is 41.7 Å². The van der Waals surface area contributed by atoms with Crippen LogP contribution in [0.1, 0.15) is 34.6 Å². The number of amides is 1. The molecule has 0 spiro atoms. The van der Waals surface area contributed by atoms with Crippen molar-refractivity contribution >= 4 is 35.1 Å². The maximum Gasteiger partial charge on any atom is 0.340 e. The number of nitrogens with one attached hydrogen (secondary N) is 1. The Morgan fingerprint density at radius 3 is 2.25 bits per heavy atom. The normalized spacial score (nSPS) is 10.5. The average Bonchev–Trinajstić information content (AvgIpc) is 2.62. The highest BCUT2D eigenvalue weighted by Crippen LogP contribution is 2.21. The van der Waals surface area contributed by atoms with E-state index in [0.717, 1.165) is 0 Å². The molecule has 0 aliphatic carbocycles. The van der Waals surface area contributed by atoms with E-state index in [1.165, 1.54) is 24.3 Å². The van der Waals surface area contributed by atoms with Gasteiger partial charge in [-0.1, -0.05) is 11.6 Å². The molecule has 0 unspecified atom stereocenters. The fourth-order valence-corrected chi connectivity index (χ4v) is 2.28. The number of carbonyl (C=O) groups is 3. The summed E-state index contributed by atoms with van der Waals surface area (Å²) in [6.45, 7) is 2.77. The smallest absolute Gasteiger partial charge is 0.340 e. The van der Waals surface area contributed by atoms with E-state index in [0.29, 0.717) is 23.4 Å². The Morgan fingerprint density at radius 1 is 1.04 bits per heavy atom. The number of ether oxygens (including phenoxy) is 2. The summed E-state index contributed by atoms with van der Waals surface area (Å²) in [5, 5.41) is 2.12. The first-order chi connectivity index (χ1) is 13.2. The molecule has 2 rings (SSSR count). The molecule has 0 saturated heterocycles. The van der Waals surface area contributed by atoms with E-state index in [2.05, 4.69) is 5.32 Å². The molecule has 9 heteroatoms. The number of anilines is 1. The van der Waals surface area contributed by atoms with Gasteiger partial charge in [0.1, 0.15) is 0 Å². The minimum Gasteiger partial charge on any atom is -0.459 e. The summed E-state index contributed by atoms with van der Waals surface area (Å²) >= 11 is 5.67. The molecule has 0 atom stereocenters. The predicted molar refractivity (Wildman–Crippen MR) is 97.3 cm³/mol. The monoisotopic (exact) mass is 411 g/mol. The molecule has 0 radical (unpaired) electrons. The molecule has 6 nitrogen and oxygen atoms in total. The van der Waals surface area contributed by atoms with Gasteiger partial charge in [0.25, 0.3) is 5.91 Å². The van der Waals surface area contributed by atoms with E-state index in [1.54, 1.807) is 13.8 Å². The summed E-state index contributed by atoms with van der Waals surface area (Å²) in [4.78, 5) is 35.5. The lowest BCUT2D eigenvalue weighted by atomic mass is 10.2. The van der Waals surface area contributed by atoms with Gasteiger partial charge in [0, 0.05) is 5.69 Å². The third-order valence-electron chi connectivity index (χ3n) is 3.31. The number of hydrogen-bond donors (Lipinski definition) is 1. The van der Waals surface area contributed by atoms with Crippen molar-refractivity contribution in [3.05, 3.63) is 64.2 Å². The van der Waals surface area contributed by atoms with Gasteiger partial charge in [0.15, 0.2) is 18.2 Å². The number of esters is 2. The summed E-state index contributed by atoms with van der Waals surface area (Å²) in [6.07, 6.45) is -0.260. The first kappa shape index (κ1) is 21.3. The molecular weight excluding hydrogens is 396 g/mol. The predicted octanol–water partition coefficient (Wildman–Crippen LogP) is 3.98. The highest BCUT2D eigenvalue weighted by molar-refractivity contribution is 6.33. The second-order valence-corrected chi connectivity index (χ2v) is 6.31. The van der Waals surface area contributed by atoms with Crippen LogP contribution in [0.15, 0.2) is 36.4 Å². The van der Waals surface area contributed by atoms with Gasteiger partial charge >= 0.3 is 11.9 Å². The van der Waals surface area contributed by atoms with Gasteiger partial charge in [-0.15, -0.1) is 0 Å². The number of rotatable bonds is 6. The summed E-state index contributed by atoms with van der Waals surface area (Å²) in [7, 11) is 0. The Morgan fingerprint density at radius 2 is 1.64 bits per heavy atom. The molecule has 148 valence electrons. The molecule has 0 saturated carbocycles. The van der Waals surface area contributed by atoms with Gasteiger partial charge < -0.3 is 14.8 Å². The Kier molecular flexibility index (Phi) is 7.06. The van der Waals surface area contributed by atoms with Crippen LogP contribution in [0.2, 0.25) is 5.02 Å². The van der Waals surface area contributed by atoms with Crippen molar-refractivity contribution in [2.75, 3.05) is 11.9 Å². The molecule has 2 aromatic rings. The van der Waals surface area contributed by atoms with Crippen molar-refractivity contribution in [2.45, 2.75) is 20.0 Å². The van der Waals surface area contributed by atoms with E-state index in [-0.39, 0.29) is 11.1 Å². The van der Waals surface area contributed by atoms with Crippen LogP contribution in [0.25, 0.3) is 0 Å². The Hall–Kier alpha value is -3.00. The largest absolute Gasteiger partial charge is 0.459 e. The van der Waals surface area contributed by atoms with Crippen molar-refractivity contribution in [1.29, 1.82) is 0 Å². The van der Waals surface area contributed by atoms with E-state index in [4.69, 9.17) is 21.1 Å². The minimum absolute atomic E-state index is 0.260. The highest BCUT2D eigenvalue weighted by Gasteiger charge is 2.17. The van der Waals surface area contributed by atoms with Gasteiger partial charge in [-0.25, -0.2) is 18.4 Å². The molecule has 0 fully saturated rings. The van der Waals surface area contributed by atoms with Crippen molar-refractivity contribution in [2.24, 2.45) is 0 Å². The van der Waals surface area contributed by atoms with Crippen molar-refractivity contribution in [3.63, 3.8) is 0 Å². The fraction of sp³-hybridized carbons (Fsp3) is 0.211. The van der Waals surface area contributed by atoms with Crippen molar-refractivity contribution in [1.82, 2.24) is 0 Å². The summed E-state index contributed by atoms with van der Waals surface area (Å²) in [5.74, 6) is -4.72. The van der Waals surface area contributed by atoms with Gasteiger partial charge in [0.2, 0.25) is 0 Å². The van der Waals surface area contributed by atoms with Crippen LogP contribution in [-0.4, -0.2) is 30.6 Å². The molecule has 28 heavy (non-hydrogen) atoms. The SMILES string of the molecule is CC(C)OC(=O)c1ccc(NC(=O)COC(=O)c2cc(F)c(F)cc2Cl)cc1. The fourth-order valence-electron chi connectivity index (χ4n) is 2.06. The second kappa shape index (κ2) is 9.27. The Bertz CT molecular complexity index is 900. The third kappa shape index (κ3) is 5.75. The molecule has 1 N–H and O–H groups in total. The molecule has 0 bridgehead atoms. The van der Waals surface area contributed by atoms with Crippen LogP contribution in [0.4, 0.5) is 14.5 Å². The van der Waals surface area contributed by atoms with E-state index in [1.807, 2.05) is 0 Å². The van der Waals surface area contributed by atoms with Crippen LogP contribution < -0.4 is 5.32 Å². The lowest BCUT2D eigenvalue weighted by Crippen LogP contribution is -2.21. The van der Waals surface area contributed by atoms with Gasteiger partial charge in [-0.3, -0.25) is 4.79 Å². The van der Waals surface area contributed by atoms with E-state index in [9.17, 15) is 23.2 Å². The minimum atomic E-state index is -1.27. The van der Waals surface area contributed by atoms with Crippen LogP contribution in [0, 0.1) is 11.6 Å².